The van der Waals surface area contributed by atoms with Gasteiger partial charge in [-0.1, -0.05) is 12.8 Å². The van der Waals surface area contributed by atoms with E-state index in [2.05, 4.69) is 15.3 Å². The number of carbonyl (C=O) groups excluding carboxylic acids is 1. The van der Waals surface area contributed by atoms with Crippen LogP contribution in [0.25, 0.3) is 5.69 Å². The SMILES string of the molecule is COCCO[C@@H]1CCCN(CC2CCCCC2NC(=O)c2ccc(-n3cccn3)cc2)C1. The maximum absolute atomic E-state index is 13.0. The van der Waals surface area contributed by atoms with E-state index in [1.165, 1.54) is 25.7 Å². The van der Waals surface area contributed by atoms with Crippen LogP contribution in [0.4, 0.5) is 0 Å². The summed E-state index contributed by atoms with van der Waals surface area (Å²) in [6.45, 7) is 4.45. The zero-order valence-electron chi connectivity index (χ0n) is 19.1. The van der Waals surface area contributed by atoms with Gasteiger partial charge >= 0.3 is 0 Å². The minimum atomic E-state index is 0.0216. The molecule has 1 saturated carbocycles. The maximum atomic E-state index is 13.0. The fourth-order valence-electron chi connectivity index (χ4n) is 5.00. The molecule has 1 aliphatic carbocycles. The average Bonchev–Trinajstić information content (AvgIpc) is 3.36. The van der Waals surface area contributed by atoms with Crippen molar-refractivity contribution in [1.29, 1.82) is 0 Å². The molecule has 174 valence electrons. The molecule has 4 rings (SSSR count). The number of nitrogens with one attached hydrogen (secondary N) is 1. The number of hydrogen-bond donors (Lipinski definition) is 1. The number of nitrogens with zero attached hydrogens (tertiary/aromatic N) is 3. The van der Waals surface area contributed by atoms with E-state index in [1.807, 2.05) is 36.5 Å². The Morgan fingerprint density at radius 2 is 1.97 bits per heavy atom. The number of piperidine rings is 1. The van der Waals surface area contributed by atoms with Crippen LogP contribution in [-0.2, 0) is 9.47 Å². The van der Waals surface area contributed by atoms with Gasteiger partial charge in [0.1, 0.15) is 0 Å². The number of methoxy groups -OCH3 is 1. The lowest BCUT2D eigenvalue weighted by Gasteiger charge is -2.39. The highest BCUT2D eigenvalue weighted by Crippen LogP contribution is 2.27. The Morgan fingerprint density at radius 1 is 1.12 bits per heavy atom. The molecular weight excluding hydrogens is 404 g/mol. The van der Waals surface area contributed by atoms with Gasteiger partial charge in [-0.2, -0.15) is 5.10 Å². The molecule has 2 fully saturated rings. The third-order valence-electron chi connectivity index (χ3n) is 6.72. The monoisotopic (exact) mass is 440 g/mol. The molecule has 3 atom stereocenters. The Hall–Kier alpha value is -2.22. The van der Waals surface area contributed by atoms with Crippen molar-refractivity contribution in [3.05, 3.63) is 48.3 Å². The number of rotatable bonds is 9. The molecule has 2 heterocycles. The summed E-state index contributed by atoms with van der Waals surface area (Å²) >= 11 is 0. The second-order valence-corrected chi connectivity index (χ2v) is 9.01. The molecular formula is C25H36N4O3. The number of amides is 1. The smallest absolute Gasteiger partial charge is 0.251 e. The summed E-state index contributed by atoms with van der Waals surface area (Å²) in [6, 6.07) is 9.78. The second-order valence-electron chi connectivity index (χ2n) is 9.01. The Kier molecular flexibility index (Phi) is 8.31. The molecule has 7 heteroatoms. The van der Waals surface area contributed by atoms with Gasteiger partial charge in [0.25, 0.3) is 5.91 Å². The lowest BCUT2D eigenvalue weighted by atomic mass is 9.83. The molecule has 1 aromatic heterocycles. The number of likely N-dealkylation sites (tertiary alicyclic amines) is 1. The first-order valence-corrected chi connectivity index (χ1v) is 12.0. The summed E-state index contributed by atoms with van der Waals surface area (Å²) < 4.78 is 12.9. The first-order valence-electron chi connectivity index (χ1n) is 12.0. The van der Waals surface area contributed by atoms with Crippen LogP contribution in [0.1, 0.15) is 48.9 Å². The number of hydrogen-bond acceptors (Lipinski definition) is 5. The predicted molar refractivity (Wildman–Crippen MR) is 124 cm³/mol. The van der Waals surface area contributed by atoms with Gasteiger partial charge in [-0.05, 0) is 68.5 Å². The predicted octanol–water partition coefficient (Wildman–Crippen LogP) is 3.29. The average molecular weight is 441 g/mol. The van der Waals surface area contributed by atoms with Crippen molar-refractivity contribution in [3.8, 4) is 5.69 Å². The molecule has 2 aromatic rings. The van der Waals surface area contributed by atoms with E-state index in [9.17, 15) is 4.79 Å². The molecule has 7 nitrogen and oxygen atoms in total. The van der Waals surface area contributed by atoms with Crippen molar-refractivity contribution in [1.82, 2.24) is 20.0 Å². The van der Waals surface area contributed by atoms with Gasteiger partial charge in [-0.25, -0.2) is 4.68 Å². The molecule has 2 aliphatic rings. The quantitative estimate of drug-likeness (QED) is 0.606. The molecule has 2 unspecified atom stereocenters. The standard InChI is InChI=1S/C25H36N4O3/c1-31-16-17-32-23-7-4-14-28(19-23)18-21-6-2-3-8-24(21)27-25(30)20-9-11-22(12-10-20)29-15-5-13-26-29/h5,9-13,15,21,23-24H,2-4,6-8,14,16-19H2,1H3,(H,27,30)/t21?,23-,24?/m1/s1. The van der Waals surface area contributed by atoms with Crippen molar-refractivity contribution in [2.75, 3.05) is 40.0 Å². The molecule has 0 radical (unpaired) electrons. The van der Waals surface area contributed by atoms with Crippen molar-refractivity contribution in [2.24, 2.45) is 5.92 Å². The van der Waals surface area contributed by atoms with E-state index >= 15 is 0 Å². The van der Waals surface area contributed by atoms with E-state index in [4.69, 9.17) is 9.47 Å². The highest BCUT2D eigenvalue weighted by molar-refractivity contribution is 5.94. The van der Waals surface area contributed by atoms with Crippen molar-refractivity contribution >= 4 is 5.91 Å². The van der Waals surface area contributed by atoms with Crippen LogP contribution in [0, 0.1) is 5.92 Å². The number of ether oxygens (including phenoxy) is 2. The van der Waals surface area contributed by atoms with Crippen LogP contribution < -0.4 is 5.32 Å². The lowest BCUT2D eigenvalue weighted by Crippen LogP contribution is -2.49. The third-order valence-corrected chi connectivity index (χ3v) is 6.72. The van der Waals surface area contributed by atoms with Crippen molar-refractivity contribution < 1.29 is 14.3 Å². The highest BCUT2D eigenvalue weighted by Gasteiger charge is 2.30. The van der Waals surface area contributed by atoms with Crippen LogP contribution in [0.3, 0.4) is 0 Å². The topological polar surface area (TPSA) is 68.6 Å². The summed E-state index contributed by atoms with van der Waals surface area (Å²) in [7, 11) is 1.71. The molecule has 1 saturated heterocycles. The molecule has 0 bridgehead atoms. The van der Waals surface area contributed by atoms with E-state index in [-0.39, 0.29) is 11.9 Å². The second kappa shape index (κ2) is 11.6. The zero-order chi connectivity index (χ0) is 22.2. The van der Waals surface area contributed by atoms with Crippen molar-refractivity contribution in [3.63, 3.8) is 0 Å². The fraction of sp³-hybridized carbons (Fsp3) is 0.600. The summed E-state index contributed by atoms with van der Waals surface area (Å²) in [5.41, 5.74) is 1.66. The first kappa shape index (κ1) is 23.0. The summed E-state index contributed by atoms with van der Waals surface area (Å²) in [5, 5.41) is 7.59. The summed E-state index contributed by atoms with van der Waals surface area (Å²) in [4.78, 5) is 15.5. The van der Waals surface area contributed by atoms with Gasteiger partial charge < -0.3 is 19.7 Å². The van der Waals surface area contributed by atoms with Crippen LogP contribution in [0.2, 0.25) is 0 Å². The molecule has 1 aliphatic heterocycles. The van der Waals surface area contributed by atoms with E-state index in [0.29, 0.717) is 30.8 Å². The van der Waals surface area contributed by atoms with Gasteiger partial charge in [0.05, 0.1) is 25.0 Å². The number of aromatic nitrogens is 2. The third kappa shape index (κ3) is 6.18. The molecule has 1 aromatic carbocycles. The minimum Gasteiger partial charge on any atom is -0.382 e. The Balaban J connectivity index is 1.31. The number of carbonyl (C=O) groups is 1. The van der Waals surface area contributed by atoms with Gasteiger partial charge in [0.2, 0.25) is 0 Å². The van der Waals surface area contributed by atoms with Crippen LogP contribution in [-0.4, -0.2) is 72.7 Å². The van der Waals surface area contributed by atoms with Gasteiger partial charge in [0, 0.05) is 44.2 Å². The Labute approximate surface area is 191 Å². The van der Waals surface area contributed by atoms with E-state index in [0.717, 1.165) is 38.2 Å². The van der Waals surface area contributed by atoms with Gasteiger partial charge in [0.15, 0.2) is 0 Å². The Bertz CT molecular complexity index is 824. The largest absolute Gasteiger partial charge is 0.382 e. The van der Waals surface area contributed by atoms with Crippen LogP contribution in [0.15, 0.2) is 42.7 Å². The molecule has 1 amide bonds. The van der Waals surface area contributed by atoms with Crippen molar-refractivity contribution in [2.45, 2.75) is 50.7 Å². The minimum absolute atomic E-state index is 0.0216. The first-order chi connectivity index (χ1) is 15.7. The molecule has 1 N–H and O–H groups in total. The molecule has 0 spiro atoms. The number of benzene rings is 1. The summed E-state index contributed by atoms with van der Waals surface area (Å²) in [6.07, 6.45) is 10.9. The zero-order valence-corrected chi connectivity index (χ0v) is 19.1. The van der Waals surface area contributed by atoms with E-state index in [1.54, 1.807) is 18.0 Å². The summed E-state index contributed by atoms with van der Waals surface area (Å²) in [5.74, 6) is 0.516. The van der Waals surface area contributed by atoms with E-state index < -0.39 is 0 Å². The van der Waals surface area contributed by atoms with Gasteiger partial charge in [-0.3, -0.25) is 4.79 Å². The van der Waals surface area contributed by atoms with Crippen LogP contribution >= 0.6 is 0 Å². The lowest BCUT2D eigenvalue weighted by molar-refractivity contribution is -0.0254. The Morgan fingerprint density at radius 3 is 2.75 bits per heavy atom. The fourth-order valence-corrected chi connectivity index (χ4v) is 5.00. The molecule has 32 heavy (non-hydrogen) atoms. The van der Waals surface area contributed by atoms with Gasteiger partial charge in [-0.15, -0.1) is 0 Å². The normalized spacial score (nSPS) is 24.3. The maximum Gasteiger partial charge on any atom is 0.251 e. The van der Waals surface area contributed by atoms with Crippen LogP contribution in [0.5, 0.6) is 0 Å². The highest BCUT2D eigenvalue weighted by atomic mass is 16.5.